The van der Waals surface area contributed by atoms with Crippen LogP contribution < -0.4 is 114 Å². The van der Waals surface area contributed by atoms with Gasteiger partial charge in [-0.15, -0.1) is 6.04 Å². The summed E-state index contributed by atoms with van der Waals surface area (Å²) < 4.78 is 0. The van der Waals surface area contributed by atoms with Crippen LogP contribution in [-0.4, -0.2) is 27.4 Å². The zero-order chi connectivity index (χ0) is 11.9. The molecule has 10 heteroatoms. The van der Waals surface area contributed by atoms with Crippen LogP contribution in [0.5, 0.6) is 0 Å². The normalized spacial score (nSPS) is 11.2. The minimum absolute atomic E-state index is 0. The summed E-state index contributed by atoms with van der Waals surface area (Å²) in [5.41, 5.74) is 0. The summed E-state index contributed by atoms with van der Waals surface area (Å²) in [4.78, 5) is 41.9. The predicted octanol–water partition coefficient (Wildman–Crippen LogP) is -11.5. The number of carbonyl (C=O) groups excluding carboxylic acids is 1. The van der Waals surface area contributed by atoms with Crippen molar-refractivity contribution in [3.63, 3.8) is 0 Å². The van der Waals surface area contributed by atoms with E-state index >= 15 is 0 Å². The monoisotopic (exact) mass is 302 g/mol. The molecule has 0 fully saturated rings. The van der Waals surface area contributed by atoms with Crippen LogP contribution in [0, 0.1) is 0 Å². The van der Waals surface area contributed by atoms with Crippen molar-refractivity contribution in [1.29, 1.82) is 0 Å². The summed E-state index contributed by atoms with van der Waals surface area (Å²) in [6.45, 7) is 4.01. The minimum atomic E-state index is -4.69. The molecule has 0 aromatic carbocycles. The average Bonchev–Trinajstić information content (AvgIpc) is 2.11. The van der Waals surface area contributed by atoms with Crippen molar-refractivity contribution in [2.45, 2.75) is 38.8 Å². The van der Waals surface area contributed by atoms with E-state index in [1.54, 1.807) is 0 Å². The van der Waals surface area contributed by atoms with Crippen LogP contribution in [0.25, 0.3) is 0 Å². The number of carbonyl (C=O) groups is 1. The summed E-state index contributed by atoms with van der Waals surface area (Å²) in [5.74, 6) is 0. The first-order chi connectivity index (χ1) is 6.85. The molecule has 0 aliphatic heterocycles. The molecule has 0 saturated heterocycles. The van der Waals surface area contributed by atoms with Crippen molar-refractivity contribution >= 4 is 14.8 Å². The average molecular weight is 302 g/mol. The summed E-state index contributed by atoms with van der Waals surface area (Å²) in [7, 11) is -4.69. The standard InChI is InChI=1S/C8H17N2O4Si.3Na/c1-3-7(2)10-8(11)9-5-4-6-15(12,13)14;;;/h7H,3-6H2,1-2H3,(H2,9,10,11);;;/q-3;3*+1. The zero-order valence-electron chi connectivity index (χ0n) is 12.0. The van der Waals surface area contributed by atoms with Crippen LogP contribution in [0.3, 0.4) is 0 Å². The molecule has 0 aromatic heterocycles. The SMILES string of the molecule is CCC(C)NC(=O)NCCC[Si]([O-])([O-])[O-].[Na+].[Na+].[Na+]. The molecule has 2 N–H and O–H groups in total. The van der Waals surface area contributed by atoms with Gasteiger partial charge in [-0.05, 0) is 19.8 Å². The van der Waals surface area contributed by atoms with Crippen LogP contribution in [0.15, 0.2) is 0 Å². The zero-order valence-corrected chi connectivity index (χ0v) is 19.0. The smallest absolute Gasteiger partial charge is 0.881 e. The number of hydrogen-bond donors (Lipinski definition) is 2. The Kier molecular flexibility index (Phi) is 25.0. The summed E-state index contributed by atoms with van der Waals surface area (Å²) in [6, 6.07) is -0.646. The molecule has 6 nitrogen and oxygen atoms in total. The third-order valence-corrected chi connectivity index (χ3v) is 2.90. The van der Waals surface area contributed by atoms with Crippen molar-refractivity contribution in [3.8, 4) is 0 Å². The Morgan fingerprint density at radius 3 is 2.11 bits per heavy atom. The van der Waals surface area contributed by atoms with Gasteiger partial charge in [0.2, 0.25) is 0 Å². The molecule has 2 amide bonds. The first-order valence-corrected chi connectivity index (χ1v) is 6.94. The van der Waals surface area contributed by atoms with Crippen LogP contribution in [-0.2, 0) is 0 Å². The summed E-state index contributed by atoms with van der Waals surface area (Å²) >= 11 is 0. The molecule has 0 aliphatic rings. The van der Waals surface area contributed by atoms with E-state index in [9.17, 15) is 19.2 Å². The van der Waals surface area contributed by atoms with Gasteiger partial charge >= 0.3 is 94.7 Å². The van der Waals surface area contributed by atoms with Gasteiger partial charge in [-0.2, -0.15) is 0 Å². The molecule has 1 atom stereocenters. The fourth-order valence-electron chi connectivity index (χ4n) is 0.884. The van der Waals surface area contributed by atoms with Gasteiger partial charge < -0.3 is 25.0 Å². The second-order valence-corrected chi connectivity index (χ2v) is 5.36. The van der Waals surface area contributed by atoms with Gasteiger partial charge in [0, 0.05) is 12.6 Å². The topological polar surface area (TPSA) is 110 Å². The van der Waals surface area contributed by atoms with E-state index in [0.717, 1.165) is 6.42 Å². The van der Waals surface area contributed by atoms with Gasteiger partial charge in [0.05, 0.1) is 0 Å². The summed E-state index contributed by atoms with van der Waals surface area (Å²) in [6.07, 6.45) is 0.988. The van der Waals surface area contributed by atoms with E-state index in [2.05, 4.69) is 10.6 Å². The van der Waals surface area contributed by atoms with Gasteiger partial charge in [0.1, 0.15) is 0 Å². The molecule has 0 radical (unpaired) electrons. The Balaban J connectivity index is -0.000000327. The molecular weight excluding hydrogens is 285 g/mol. The molecule has 18 heavy (non-hydrogen) atoms. The third kappa shape index (κ3) is 20.7. The maximum Gasteiger partial charge on any atom is 1.00 e. The van der Waals surface area contributed by atoms with Gasteiger partial charge in [-0.1, -0.05) is 6.92 Å². The summed E-state index contributed by atoms with van der Waals surface area (Å²) in [5, 5.41) is 5.13. The molecule has 0 spiro atoms. The Bertz CT molecular complexity index is 207. The Morgan fingerprint density at radius 1 is 1.22 bits per heavy atom. The molecule has 1 unspecified atom stereocenters. The third-order valence-electron chi connectivity index (χ3n) is 1.94. The fraction of sp³-hybridized carbons (Fsp3) is 0.875. The van der Waals surface area contributed by atoms with Crippen LogP contribution in [0.1, 0.15) is 26.7 Å². The van der Waals surface area contributed by atoms with E-state index in [0.29, 0.717) is 0 Å². The maximum atomic E-state index is 11.1. The van der Waals surface area contributed by atoms with Crippen LogP contribution in [0.2, 0.25) is 6.04 Å². The first kappa shape index (κ1) is 28.5. The molecule has 0 saturated carbocycles. The first-order valence-electron chi connectivity index (χ1n) is 5.00. The van der Waals surface area contributed by atoms with Gasteiger partial charge in [-0.25, -0.2) is 4.79 Å². The van der Waals surface area contributed by atoms with Crippen molar-refractivity contribution in [2.24, 2.45) is 0 Å². The number of hydrogen-bond acceptors (Lipinski definition) is 4. The predicted molar refractivity (Wildman–Crippen MR) is 51.5 cm³/mol. The van der Waals surface area contributed by atoms with Crippen molar-refractivity contribution in [1.82, 2.24) is 10.6 Å². The van der Waals surface area contributed by atoms with Crippen LogP contribution in [0.4, 0.5) is 4.79 Å². The Labute approximate surface area is 176 Å². The Hall–Kier alpha value is 2.37. The van der Waals surface area contributed by atoms with Gasteiger partial charge in [0.25, 0.3) is 0 Å². The van der Waals surface area contributed by atoms with Crippen molar-refractivity contribution in [2.75, 3.05) is 6.54 Å². The second-order valence-electron chi connectivity index (χ2n) is 3.50. The number of amides is 2. The van der Waals surface area contributed by atoms with E-state index in [4.69, 9.17) is 0 Å². The molecule has 0 aromatic rings. The maximum absolute atomic E-state index is 11.1. The molecule has 0 bridgehead atoms. The molecule has 0 rings (SSSR count). The molecule has 90 valence electrons. The Morgan fingerprint density at radius 2 is 1.72 bits per heavy atom. The van der Waals surface area contributed by atoms with Gasteiger partial charge in [0.15, 0.2) is 0 Å². The number of nitrogens with one attached hydrogen (secondary N) is 2. The van der Waals surface area contributed by atoms with E-state index in [-0.39, 0.29) is 114 Å². The molecule has 0 aliphatic carbocycles. The number of rotatable bonds is 6. The number of urea groups is 1. The van der Waals surface area contributed by atoms with E-state index in [1.165, 1.54) is 0 Å². The van der Waals surface area contributed by atoms with Gasteiger partial charge in [-0.3, -0.25) is 8.80 Å². The fourth-order valence-corrected chi connectivity index (χ4v) is 1.49. The van der Waals surface area contributed by atoms with Crippen molar-refractivity contribution in [3.05, 3.63) is 0 Å². The van der Waals surface area contributed by atoms with Crippen molar-refractivity contribution < 1.29 is 108 Å². The molecular formula is C8H17N2Na3O4Si. The quantitative estimate of drug-likeness (QED) is 0.375. The van der Waals surface area contributed by atoms with Crippen LogP contribution >= 0.6 is 0 Å². The largest absolute Gasteiger partial charge is 1.00 e. The van der Waals surface area contributed by atoms with E-state index < -0.39 is 14.8 Å². The molecule has 0 heterocycles. The minimum Gasteiger partial charge on any atom is -0.881 e. The second kappa shape index (κ2) is 15.8. The van der Waals surface area contributed by atoms with E-state index in [1.807, 2.05) is 13.8 Å².